The van der Waals surface area contributed by atoms with Crippen LogP contribution in [0.4, 0.5) is 0 Å². The van der Waals surface area contributed by atoms with E-state index in [9.17, 15) is 25.2 Å². The molecule has 1 aromatic carbocycles. The normalized spacial score (nSPS) is 32.2. The van der Waals surface area contributed by atoms with Gasteiger partial charge in [0.2, 0.25) is 0 Å². The van der Waals surface area contributed by atoms with Crippen molar-refractivity contribution in [1.82, 2.24) is 16.0 Å². The molecule has 7 atom stereocenters. The van der Waals surface area contributed by atoms with Gasteiger partial charge in [0.25, 0.3) is 0 Å². The minimum Gasteiger partial charge on any atom is -0.396 e. The maximum absolute atomic E-state index is 12.5. The SMILES string of the molecule is C=C(/C=C/C=C(/CO)[C@@H]1CC[C@]2([C@@H]1O)[C@@H](CCCO)/C(=C(/C)C=O)CC[C@]2(O)CCNC)[C@H]1C/C=C(\C)CN[C@@](CCNC)(CCOC)Cc2cccc(c2)C1. The molecule has 2 aliphatic carbocycles. The molecule has 0 saturated heterocycles. The Bertz CT molecular complexity index is 1560. The van der Waals surface area contributed by atoms with Crippen molar-refractivity contribution in [3.8, 4) is 0 Å². The van der Waals surface area contributed by atoms with Crippen molar-refractivity contribution < 1.29 is 30.0 Å². The number of nitrogens with one attached hydrogen (secondary N) is 3. The van der Waals surface area contributed by atoms with E-state index in [0.29, 0.717) is 63.7 Å². The summed E-state index contributed by atoms with van der Waals surface area (Å²) < 4.78 is 5.56. The predicted octanol–water partition coefficient (Wildman–Crippen LogP) is 5.54. The molecule has 4 rings (SSSR count). The minimum absolute atomic E-state index is 0.00381. The number of benzene rings is 1. The number of methoxy groups -OCH3 is 1. The molecular weight excluding hydrogens is 703 g/mol. The fraction of sp³-hybridized carbons (Fsp3) is 0.638. The van der Waals surface area contributed by atoms with Gasteiger partial charge in [0.15, 0.2) is 0 Å². The van der Waals surface area contributed by atoms with Crippen molar-refractivity contribution >= 4 is 6.29 Å². The molecule has 0 aromatic heterocycles. The number of aliphatic hydroxyl groups is 4. The topological polar surface area (TPSA) is 143 Å². The maximum Gasteiger partial charge on any atom is 0.145 e. The summed E-state index contributed by atoms with van der Waals surface area (Å²) in [7, 11) is 5.64. The summed E-state index contributed by atoms with van der Waals surface area (Å²) in [4.78, 5) is 12.1. The summed E-state index contributed by atoms with van der Waals surface area (Å²) in [5, 5.41) is 56.1. The molecule has 1 aromatic rings. The average molecular weight is 776 g/mol. The van der Waals surface area contributed by atoms with Crippen molar-refractivity contribution in [2.75, 3.05) is 60.7 Å². The maximum atomic E-state index is 12.5. The van der Waals surface area contributed by atoms with Crippen molar-refractivity contribution in [3.63, 3.8) is 0 Å². The van der Waals surface area contributed by atoms with E-state index < -0.39 is 17.1 Å². The quantitative estimate of drug-likeness (QED) is 0.0443. The zero-order valence-electron chi connectivity index (χ0n) is 35.0. The highest BCUT2D eigenvalue weighted by Crippen LogP contribution is 2.63. The summed E-state index contributed by atoms with van der Waals surface area (Å²) in [6.07, 6.45) is 16.5. The number of aldehydes is 1. The fourth-order valence-corrected chi connectivity index (χ4v) is 10.3. The van der Waals surface area contributed by atoms with E-state index in [4.69, 9.17) is 4.74 Å². The molecule has 3 aliphatic rings. The summed E-state index contributed by atoms with van der Waals surface area (Å²) in [5.41, 5.74) is 5.07. The number of aliphatic hydroxyl groups excluding tert-OH is 3. The van der Waals surface area contributed by atoms with E-state index in [0.717, 1.165) is 68.2 Å². The second kappa shape index (κ2) is 21.9. The van der Waals surface area contributed by atoms with Gasteiger partial charge < -0.3 is 41.1 Å². The first-order chi connectivity index (χ1) is 27.0. The van der Waals surface area contributed by atoms with Gasteiger partial charge in [-0.1, -0.05) is 71.9 Å². The van der Waals surface area contributed by atoms with Crippen LogP contribution in [0.25, 0.3) is 0 Å². The van der Waals surface area contributed by atoms with E-state index in [1.54, 1.807) is 7.11 Å². The molecule has 9 nitrogen and oxygen atoms in total. The molecule has 7 N–H and O–H groups in total. The summed E-state index contributed by atoms with van der Waals surface area (Å²) in [5.74, 6) is -0.447. The van der Waals surface area contributed by atoms with Crippen LogP contribution in [0.15, 0.2) is 83.0 Å². The molecule has 2 bridgehead atoms. The first-order valence-corrected chi connectivity index (χ1v) is 21.1. The third-order valence-electron chi connectivity index (χ3n) is 13.6. The van der Waals surface area contributed by atoms with Crippen molar-refractivity contribution in [2.24, 2.45) is 23.2 Å². The largest absolute Gasteiger partial charge is 0.396 e. The minimum atomic E-state index is -1.17. The molecule has 9 heteroatoms. The van der Waals surface area contributed by atoms with Gasteiger partial charge in [0.1, 0.15) is 6.29 Å². The van der Waals surface area contributed by atoms with Crippen molar-refractivity contribution in [1.29, 1.82) is 0 Å². The molecule has 1 aliphatic heterocycles. The predicted molar refractivity (Wildman–Crippen MR) is 227 cm³/mol. The zero-order chi connectivity index (χ0) is 40.8. The van der Waals surface area contributed by atoms with Gasteiger partial charge >= 0.3 is 0 Å². The summed E-state index contributed by atoms with van der Waals surface area (Å²) >= 11 is 0. The number of hydrogen-bond acceptors (Lipinski definition) is 9. The molecule has 2 fully saturated rings. The molecule has 2 saturated carbocycles. The standard InChI is InChI=1S/C47H73N3O6/c1-34-15-16-39(29-37-11-8-12-38(28-37)30-45(50-31-34,21-24-48-4)23-27-56-6)35(2)10-7-13-40(33-53)42-18-20-47(44(42)54)43(14-9-26-51)41(36(3)32-52)17-19-46(47,55)22-25-49-5/h7-8,10-13,15,28,32,39,42-44,48-51,53-55H,2,9,14,16-27,29-31,33H2,1,3-6H3/b10-7+,34-15+,40-13-,41-36-/t39-,42-,43-,44+,45-,46-,47+/m0/s1. The Kier molecular flexibility index (Phi) is 17.9. The second-order valence-corrected chi connectivity index (χ2v) is 17.0. The Balaban J connectivity index is 1.61. The van der Waals surface area contributed by atoms with E-state index in [1.807, 2.05) is 39.2 Å². The van der Waals surface area contributed by atoms with Gasteiger partial charge in [-0.3, -0.25) is 4.79 Å². The van der Waals surface area contributed by atoms with Crippen LogP contribution in [0.1, 0.15) is 89.2 Å². The van der Waals surface area contributed by atoms with Crippen LogP contribution in [-0.2, 0) is 22.4 Å². The van der Waals surface area contributed by atoms with Crippen LogP contribution in [0.3, 0.4) is 0 Å². The highest BCUT2D eigenvalue weighted by Gasteiger charge is 2.65. The van der Waals surface area contributed by atoms with Crippen molar-refractivity contribution in [3.05, 3.63) is 94.1 Å². The van der Waals surface area contributed by atoms with Gasteiger partial charge in [-0.2, -0.15) is 0 Å². The summed E-state index contributed by atoms with van der Waals surface area (Å²) in [6.45, 7) is 11.3. The lowest BCUT2D eigenvalue weighted by Gasteiger charge is -2.57. The number of carbonyl (C=O) groups is 1. The highest BCUT2D eigenvalue weighted by molar-refractivity contribution is 5.74. The Hall–Kier alpha value is -2.73. The van der Waals surface area contributed by atoms with Crippen LogP contribution in [-0.4, -0.2) is 105 Å². The Morgan fingerprint density at radius 2 is 1.86 bits per heavy atom. The molecular formula is C47H73N3O6. The zero-order valence-corrected chi connectivity index (χ0v) is 35.0. The van der Waals surface area contributed by atoms with Gasteiger partial charge in [-0.15, -0.1) is 0 Å². The highest BCUT2D eigenvalue weighted by atomic mass is 16.5. The van der Waals surface area contributed by atoms with Gasteiger partial charge in [-0.05, 0) is 152 Å². The smallest absolute Gasteiger partial charge is 0.145 e. The van der Waals surface area contributed by atoms with E-state index >= 15 is 0 Å². The first-order valence-electron chi connectivity index (χ1n) is 21.1. The number of allylic oxidation sites excluding steroid dienone is 7. The third kappa shape index (κ3) is 10.9. The average Bonchev–Trinajstić information content (AvgIpc) is 3.54. The number of fused-ring (bicyclic) bond motifs is 2. The van der Waals surface area contributed by atoms with Crippen LogP contribution >= 0.6 is 0 Å². The van der Waals surface area contributed by atoms with Crippen LogP contribution in [0.2, 0.25) is 0 Å². The molecule has 56 heavy (non-hydrogen) atoms. The first kappa shape index (κ1) is 46.0. The molecule has 1 heterocycles. The monoisotopic (exact) mass is 776 g/mol. The van der Waals surface area contributed by atoms with E-state index in [1.165, 1.54) is 16.7 Å². The Morgan fingerprint density at radius 1 is 1.11 bits per heavy atom. The number of ether oxygens (including phenoxy) is 1. The van der Waals surface area contributed by atoms with Gasteiger partial charge in [-0.25, -0.2) is 0 Å². The fourth-order valence-electron chi connectivity index (χ4n) is 10.3. The van der Waals surface area contributed by atoms with Crippen molar-refractivity contribution in [2.45, 2.75) is 108 Å². The Morgan fingerprint density at radius 3 is 2.55 bits per heavy atom. The number of hydrogen-bond donors (Lipinski definition) is 7. The molecule has 312 valence electrons. The van der Waals surface area contributed by atoms with Crippen LogP contribution < -0.4 is 16.0 Å². The van der Waals surface area contributed by atoms with Crippen LogP contribution in [0.5, 0.6) is 0 Å². The lowest BCUT2D eigenvalue weighted by molar-refractivity contribution is -0.180. The molecule has 0 radical (unpaired) electrons. The second-order valence-electron chi connectivity index (χ2n) is 17.0. The van der Waals surface area contributed by atoms with E-state index in [-0.39, 0.29) is 36.5 Å². The number of carbonyl (C=O) groups excluding carboxylic acids is 1. The van der Waals surface area contributed by atoms with Gasteiger partial charge in [0, 0.05) is 43.7 Å². The van der Waals surface area contributed by atoms with E-state index in [2.05, 4.69) is 59.8 Å². The Labute approximate surface area is 337 Å². The number of rotatable bonds is 18. The lowest BCUT2D eigenvalue weighted by atomic mass is 9.51. The van der Waals surface area contributed by atoms with Gasteiger partial charge in [0.05, 0.1) is 18.3 Å². The molecule has 0 amide bonds. The molecule has 0 unspecified atom stereocenters. The van der Waals surface area contributed by atoms with Crippen LogP contribution in [0, 0.1) is 23.2 Å². The lowest BCUT2D eigenvalue weighted by Crippen LogP contribution is -2.61. The molecule has 1 spiro atoms. The third-order valence-corrected chi connectivity index (χ3v) is 13.6. The summed E-state index contributed by atoms with van der Waals surface area (Å²) in [6, 6.07) is 8.96.